The monoisotopic (exact) mass is 451 g/mol. The molecule has 0 unspecified atom stereocenters. The summed E-state index contributed by atoms with van der Waals surface area (Å²) in [5.41, 5.74) is -0.363. The highest BCUT2D eigenvalue weighted by molar-refractivity contribution is 6.04. The van der Waals surface area contributed by atoms with E-state index in [0.29, 0.717) is 11.3 Å². The van der Waals surface area contributed by atoms with E-state index < -0.39 is 35.2 Å². The lowest BCUT2D eigenvalue weighted by atomic mass is 10.1. The van der Waals surface area contributed by atoms with Gasteiger partial charge in [0.15, 0.2) is 0 Å². The van der Waals surface area contributed by atoms with Gasteiger partial charge in [0.2, 0.25) is 5.91 Å². The lowest BCUT2D eigenvalue weighted by Gasteiger charge is -2.19. The average molecular weight is 451 g/mol. The highest BCUT2D eigenvalue weighted by atomic mass is 19.4. The number of amides is 3. The van der Waals surface area contributed by atoms with Crippen molar-refractivity contribution in [2.24, 2.45) is 0 Å². The van der Waals surface area contributed by atoms with Crippen molar-refractivity contribution >= 4 is 23.6 Å². The van der Waals surface area contributed by atoms with E-state index in [2.05, 4.69) is 16.0 Å². The van der Waals surface area contributed by atoms with E-state index in [0.717, 1.165) is 24.3 Å². The quantitative estimate of drug-likeness (QED) is 0.616. The second-order valence-electron chi connectivity index (χ2n) is 7.86. The molecular formula is C22H24F3N3O4. The number of carbonyl (C=O) groups excluding carboxylic acids is 3. The van der Waals surface area contributed by atoms with Crippen LogP contribution < -0.4 is 16.0 Å². The predicted octanol–water partition coefficient (Wildman–Crippen LogP) is 4.10. The van der Waals surface area contributed by atoms with Crippen molar-refractivity contribution in [1.29, 1.82) is 0 Å². The molecule has 0 aliphatic carbocycles. The topological polar surface area (TPSA) is 96.5 Å². The summed E-state index contributed by atoms with van der Waals surface area (Å²) in [5, 5.41) is 7.56. The Morgan fingerprint density at radius 2 is 1.59 bits per heavy atom. The molecule has 2 rings (SSSR count). The molecular weight excluding hydrogens is 427 g/mol. The van der Waals surface area contributed by atoms with E-state index in [-0.39, 0.29) is 18.7 Å². The van der Waals surface area contributed by atoms with Crippen LogP contribution in [0.5, 0.6) is 0 Å². The second kappa shape index (κ2) is 10.2. The van der Waals surface area contributed by atoms with E-state index in [1.807, 2.05) is 0 Å². The van der Waals surface area contributed by atoms with Gasteiger partial charge in [0.25, 0.3) is 5.91 Å². The maximum Gasteiger partial charge on any atom is 0.416 e. The summed E-state index contributed by atoms with van der Waals surface area (Å²) in [5.74, 6) is -1.00. The number of alkyl carbamates (subject to hydrolysis) is 1. The molecule has 0 heterocycles. The van der Waals surface area contributed by atoms with Crippen molar-refractivity contribution in [2.45, 2.75) is 39.1 Å². The standard InChI is InChI=1S/C22H24F3N3O4/c1-21(2,3)32-20(31)27-13-18(29)26-12-14-5-4-6-17(11-14)28-19(30)15-7-9-16(10-8-15)22(23,24)25/h4-11H,12-13H2,1-3H3,(H,26,29)(H,27,31)(H,28,30). The fourth-order valence-corrected chi connectivity index (χ4v) is 2.50. The van der Waals surface area contributed by atoms with E-state index >= 15 is 0 Å². The van der Waals surface area contributed by atoms with Crippen LogP contribution in [0.4, 0.5) is 23.7 Å². The number of ether oxygens (including phenoxy) is 1. The van der Waals surface area contributed by atoms with Crippen molar-refractivity contribution in [1.82, 2.24) is 10.6 Å². The molecule has 0 radical (unpaired) electrons. The number of nitrogens with one attached hydrogen (secondary N) is 3. The number of hydrogen-bond donors (Lipinski definition) is 3. The fourth-order valence-electron chi connectivity index (χ4n) is 2.50. The third-order valence-electron chi connectivity index (χ3n) is 3.94. The predicted molar refractivity (Wildman–Crippen MR) is 112 cm³/mol. The second-order valence-corrected chi connectivity index (χ2v) is 7.86. The molecule has 3 N–H and O–H groups in total. The highest BCUT2D eigenvalue weighted by Gasteiger charge is 2.30. The minimum Gasteiger partial charge on any atom is -0.444 e. The highest BCUT2D eigenvalue weighted by Crippen LogP contribution is 2.29. The van der Waals surface area contributed by atoms with Crippen molar-refractivity contribution in [3.05, 3.63) is 65.2 Å². The average Bonchev–Trinajstić information content (AvgIpc) is 2.69. The summed E-state index contributed by atoms with van der Waals surface area (Å²) in [6.45, 7) is 4.99. The number of halogens is 3. The summed E-state index contributed by atoms with van der Waals surface area (Å²) < 4.78 is 42.9. The van der Waals surface area contributed by atoms with Gasteiger partial charge in [-0.05, 0) is 62.7 Å². The van der Waals surface area contributed by atoms with Crippen LogP contribution in [-0.4, -0.2) is 30.1 Å². The zero-order valence-corrected chi connectivity index (χ0v) is 17.8. The summed E-state index contributed by atoms with van der Waals surface area (Å²) in [4.78, 5) is 35.7. The number of rotatable bonds is 6. The molecule has 10 heteroatoms. The summed E-state index contributed by atoms with van der Waals surface area (Å²) in [6.07, 6.45) is -5.18. The number of benzene rings is 2. The SMILES string of the molecule is CC(C)(C)OC(=O)NCC(=O)NCc1cccc(NC(=O)c2ccc(C(F)(F)F)cc2)c1. The Labute approximate surface area is 183 Å². The van der Waals surface area contributed by atoms with Crippen LogP contribution in [0.25, 0.3) is 0 Å². The van der Waals surface area contributed by atoms with E-state index in [4.69, 9.17) is 4.74 Å². The number of carbonyl (C=O) groups is 3. The smallest absolute Gasteiger partial charge is 0.416 e. The molecule has 7 nitrogen and oxygen atoms in total. The van der Waals surface area contributed by atoms with Gasteiger partial charge in [-0.1, -0.05) is 12.1 Å². The minimum absolute atomic E-state index is 0.0740. The molecule has 2 aromatic rings. The molecule has 0 aliphatic heterocycles. The minimum atomic E-state index is -4.48. The van der Waals surface area contributed by atoms with Crippen molar-refractivity contribution in [3.8, 4) is 0 Å². The van der Waals surface area contributed by atoms with Crippen LogP contribution in [0.15, 0.2) is 48.5 Å². The first kappa shape index (κ1) is 24.7. The lowest BCUT2D eigenvalue weighted by Crippen LogP contribution is -2.39. The fraction of sp³-hybridized carbons (Fsp3) is 0.318. The van der Waals surface area contributed by atoms with Gasteiger partial charge in [-0.15, -0.1) is 0 Å². The zero-order valence-electron chi connectivity index (χ0n) is 17.8. The summed E-state index contributed by atoms with van der Waals surface area (Å²) >= 11 is 0. The van der Waals surface area contributed by atoms with E-state index in [1.165, 1.54) is 0 Å². The van der Waals surface area contributed by atoms with Gasteiger partial charge < -0.3 is 20.7 Å². The molecule has 3 amide bonds. The summed E-state index contributed by atoms with van der Waals surface area (Å²) in [7, 11) is 0. The molecule has 0 aliphatic rings. The van der Waals surface area contributed by atoms with Gasteiger partial charge in [-0.3, -0.25) is 9.59 Å². The molecule has 0 saturated heterocycles. The lowest BCUT2D eigenvalue weighted by molar-refractivity contribution is -0.137. The number of anilines is 1. The Hall–Kier alpha value is -3.56. The normalized spacial score (nSPS) is 11.4. The van der Waals surface area contributed by atoms with Crippen LogP contribution in [0, 0.1) is 0 Å². The molecule has 0 fully saturated rings. The van der Waals surface area contributed by atoms with Crippen molar-refractivity contribution in [3.63, 3.8) is 0 Å². The first-order valence-corrected chi connectivity index (χ1v) is 9.64. The molecule has 172 valence electrons. The Kier molecular flexibility index (Phi) is 7.85. The van der Waals surface area contributed by atoms with Gasteiger partial charge in [0, 0.05) is 17.8 Å². The molecule has 0 bridgehead atoms. The van der Waals surface area contributed by atoms with Crippen LogP contribution in [0.3, 0.4) is 0 Å². The summed E-state index contributed by atoms with van der Waals surface area (Å²) in [6, 6.07) is 10.5. The van der Waals surface area contributed by atoms with Crippen LogP contribution in [-0.2, 0) is 22.3 Å². The van der Waals surface area contributed by atoms with Crippen molar-refractivity contribution in [2.75, 3.05) is 11.9 Å². The largest absolute Gasteiger partial charge is 0.444 e. The van der Waals surface area contributed by atoms with Crippen LogP contribution >= 0.6 is 0 Å². The maximum absolute atomic E-state index is 12.6. The maximum atomic E-state index is 12.6. The van der Waals surface area contributed by atoms with Gasteiger partial charge in [0.1, 0.15) is 12.1 Å². The molecule has 0 saturated carbocycles. The van der Waals surface area contributed by atoms with E-state index in [1.54, 1.807) is 45.0 Å². The Morgan fingerprint density at radius 1 is 0.938 bits per heavy atom. The van der Waals surface area contributed by atoms with Gasteiger partial charge in [0.05, 0.1) is 5.56 Å². The Morgan fingerprint density at radius 3 is 2.19 bits per heavy atom. The van der Waals surface area contributed by atoms with Crippen LogP contribution in [0.1, 0.15) is 42.3 Å². The van der Waals surface area contributed by atoms with E-state index in [9.17, 15) is 27.6 Å². The molecule has 2 aromatic carbocycles. The first-order chi connectivity index (χ1) is 14.8. The van der Waals surface area contributed by atoms with Crippen LogP contribution in [0.2, 0.25) is 0 Å². The third kappa shape index (κ3) is 8.29. The molecule has 32 heavy (non-hydrogen) atoms. The van der Waals surface area contributed by atoms with Gasteiger partial charge >= 0.3 is 12.3 Å². The number of alkyl halides is 3. The third-order valence-corrected chi connectivity index (χ3v) is 3.94. The van der Waals surface area contributed by atoms with Gasteiger partial charge in [-0.25, -0.2) is 4.79 Å². The number of hydrogen-bond acceptors (Lipinski definition) is 4. The Bertz CT molecular complexity index is 968. The molecule has 0 atom stereocenters. The molecule has 0 aromatic heterocycles. The molecule has 0 spiro atoms. The van der Waals surface area contributed by atoms with Crippen molar-refractivity contribution < 1.29 is 32.3 Å². The first-order valence-electron chi connectivity index (χ1n) is 9.64. The Balaban J connectivity index is 1.87. The van der Waals surface area contributed by atoms with Gasteiger partial charge in [-0.2, -0.15) is 13.2 Å². The zero-order chi connectivity index (χ0) is 23.9.